The zero-order chi connectivity index (χ0) is 23.3. The van der Waals surface area contributed by atoms with Gasteiger partial charge in [0, 0.05) is 35.8 Å². The Morgan fingerprint density at radius 2 is 1.97 bits per heavy atom. The molecule has 0 aliphatic heterocycles. The van der Waals surface area contributed by atoms with Gasteiger partial charge in [0.15, 0.2) is 5.67 Å². The van der Waals surface area contributed by atoms with E-state index in [1.807, 2.05) is 16.7 Å². The molecule has 172 valence electrons. The summed E-state index contributed by atoms with van der Waals surface area (Å²) in [6.07, 6.45) is 8.09. The SMILES string of the molecule is O=C(Nc1cc(NCc2cn3cc(C4CC4)ccc3n2)ncn1)C1(F)CC1c1cccc(Cl)c1. The summed E-state index contributed by atoms with van der Waals surface area (Å²) in [5, 5.41) is 6.30. The highest BCUT2D eigenvalue weighted by Crippen LogP contribution is 2.55. The Morgan fingerprint density at radius 1 is 1.12 bits per heavy atom. The smallest absolute Gasteiger partial charge is 0.263 e. The first kappa shape index (κ1) is 21.0. The number of imidazole rings is 1. The van der Waals surface area contributed by atoms with E-state index in [0.29, 0.717) is 28.9 Å². The van der Waals surface area contributed by atoms with Gasteiger partial charge in [-0.2, -0.15) is 0 Å². The Balaban J connectivity index is 1.10. The minimum atomic E-state index is -1.97. The third kappa shape index (κ3) is 4.09. The van der Waals surface area contributed by atoms with Gasteiger partial charge in [-0.1, -0.05) is 29.8 Å². The zero-order valence-corrected chi connectivity index (χ0v) is 19.0. The lowest BCUT2D eigenvalue weighted by atomic mass is 10.1. The molecule has 6 rings (SSSR count). The Morgan fingerprint density at radius 3 is 2.79 bits per heavy atom. The number of carbonyl (C=O) groups is 1. The maximum atomic E-state index is 15.2. The van der Waals surface area contributed by atoms with Crippen LogP contribution in [0, 0.1) is 0 Å². The quantitative estimate of drug-likeness (QED) is 0.387. The minimum absolute atomic E-state index is 0.117. The monoisotopic (exact) mass is 476 g/mol. The number of halogens is 2. The molecule has 0 saturated heterocycles. The van der Waals surface area contributed by atoms with Gasteiger partial charge in [-0.15, -0.1) is 0 Å². The largest absolute Gasteiger partial charge is 0.364 e. The number of fused-ring (bicyclic) bond motifs is 1. The van der Waals surface area contributed by atoms with Crippen LogP contribution >= 0.6 is 11.6 Å². The van der Waals surface area contributed by atoms with Gasteiger partial charge in [-0.25, -0.2) is 19.3 Å². The van der Waals surface area contributed by atoms with Gasteiger partial charge in [0.25, 0.3) is 5.91 Å². The molecule has 3 aromatic heterocycles. The maximum Gasteiger partial charge on any atom is 0.263 e. The Kier molecular flexibility index (Phi) is 4.99. The predicted octanol–water partition coefficient (Wildman–Crippen LogP) is 5.10. The number of alkyl halides is 1. The van der Waals surface area contributed by atoms with E-state index < -0.39 is 17.5 Å². The fraction of sp³-hybridized carbons (Fsp3) is 0.280. The topological polar surface area (TPSA) is 84.2 Å². The molecule has 2 saturated carbocycles. The Hall–Kier alpha value is -3.52. The number of carbonyl (C=O) groups excluding carboxylic acids is 1. The van der Waals surface area contributed by atoms with E-state index in [1.165, 1.54) is 24.7 Å². The third-order valence-electron chi connectivity index (χ3n) is 6.45. The molecule has 3 heterocycles. The first-order valence-electron chi connectivity index (χ1n) is 11.3. The van der Waals surface area contributed by atoms with Crippen molar-refractivity contribution in [2.45, 2.75) is 43.3 Å². The zero-order valence-electron chi connectivity index (χ0n) is 18.2. The molecule has 7 nitrogen and oxygen atoms in total. The van der Waals surface area contributed by atoms with Crippen molar-refractivity contribution in [1.82, 2.24) is 19.4 Å². The molecule has 1 aromatic carbocycles. The van der Waals surface area contributed by atoms with Crippen molar-refractivity contribution in [3.8, 4) is 0 Å². The van der Waals surface area contributed by atoms with Gasteiger partial charge in [0.1, 0.15) is 23.6 Å². The number of nitrogens with zero attached hydrogens (tertiary/aromatic N) is 4. The summed E-state index contributed by atoms with van der Waals surface area (Å²) >= 11 is 6.00. The molecule has 0 spiro atoms. The van der Waals surface area contributed by atoms with Crippen LogP contribution in [0.15, 0.2) is 61.2 Å². The third-order valence-corrected chi connectivity index (χ3v) is 6.69. The summed E-state index contributed by atoms with van der Waals surface area (Å²) < 4.78 is 17.2. The van der Waals surface area contributed by atoms with Crippen LogP contribution in [0.25, 0.3) is 5.65 Å². The molecule has 2 N–H and O–H groups in total. The van der Waals surface area contributed by atoms with Gasteiger partial charge >= 0.3 is 0 Å². The van der Waals surface area contributed by atoms with Crippen LogP contribution in [0.3, 0.4) is 0 Å². The highest BCUT2D eigenvalue weighted by atomic mass is 35.5. The molecule has 4 aromatic rings. The molecule has 2 aliphatic rings. The number of pyridine rings is 1. The number of hydrogen-bond acceptors (Lipinski definition) is 5. The number of hydrogen-bond donors (Lipinski definition) is 2. The standard InChI is InChI=1S/C25H22ClFN6O/c26-18-3-1-2-16(8-18)20-10-25(20,27)24(34)32-22-9-21(29-14-30-22)28-11-19-13-33-12-17(15-4-5-15)6-7-23(33)31-19/h1-3,6-9,12-15,20H,4-5,10-11H2,(H2,28,29,30,32,34). The fourth-order valence-corrected chi connectivity index (χ4v) is 4.52. The lowest BCUT2D eigenvalue weighted by molar-refractivity contribution is -0.122. The Labute approximate surface area is 200 Å². The highest BCUT2D eigenvalue weighted by Gasteiger charge is 2.62. The second-order valence-corrected chi connectivity index (χ2v) is 9.44. The van der Waals surface area contributed by atoms with Crippen molar-refractivity contribution < 1.29 is 9.18 Å². The van der Waals surface area contributed by atoms with Crippen LogP contribution in [0.1, 0.15) is 47.9 Å². The number of benzene rings is 1. The molecule has 2 fully saturated rings. The van der Waals surface area contributed by atoms with Crippen LogP contribution in [0.5, 0.6) is 0 Å². The van der Waals surface area contributed by atoms with Crippen LogP contribution < -0.4 is 10.6 Å². The van der Waals surface area contributed by atoms with E-state index in [-0.39, 0.29) is 12.2 Å². The molecule has 34 heavy (non-hydrogen) atoms. The van der Waals surface area contributed by atoms with Gasteiger partial charge in [0.2, 0.25) is 0 Å². The summed E-state index contributed by atoms with van der Waals surface area (Å²) in [6, 6.07) is 12.7. The van der Waals surface area contributed by atoms with Crippen LogP contribution in [0.4, 0.5) is 16.0 Å². The summed E-state index contributed by atoms with van der Waals surface area (Å²) in [5.74, 6) is 0.203. The van der Waals surface area contributed by atoms with Crippen molar-refractivity contribution in [2.24, 2.45) is 0 Å². The molecule has 0 bridgehead atoms. The average molecular weight is 477 g/mol. The lowest BCUT2D eigenvalue weighted by Crippen LogP contribution is -2.27. The molecule has 2 aliphatic carbocycles. The summed E-state index contributed by atoms with van der Waals surface area (Å²) in [6.45, 7) is 0.453. The first-order chi connectivity index (χ1) is 16.5. The van der Waals surface area contributed by atoms with Gasteiger partial charge in [0.05, 0.1) is 12.2 Å². The van der Waals surface area contributed by atoms with Crippen molar-refractivity contribution in [3.05, 3.63) is 83.0 Å². The molecule has 2 unspecified atom stereocenters. The number of amides is 1. The van der Waals surface area contributed by atoms with E-state index in [2.05, 4.69) is 37.8 Å². The second-order valence-electron chi connectivity index (χ2n) is 9.00. The number of rotatable bonds is 7. The van der Waals surface area contributed by atoms with Crippen molar-refractivity contribution in [1.29, 1.82) is 0 Å². The highest BCUT2D eigenvalue weighted by molar-refractivity contribution is 6.30. The van der Waals surface area contributed by atoms with Crippen LogP contribution in [-0.4, -0.2) is 30.9 Å². The van der Waals surface area contributed by atoms with E-state index in [1.54, 1.807) is 30.3 Å². The number of aromatic nitrogens is 4. The number of nitrogens with one attached hydrogen (secondary N) is 2. The van der Waals surface area contributed by atoms with E-state index >= 15 is 4.39 Å². The lowest BCUT2D eigenvalue weighted by Gasteiger charge is -2.10. The van der Waals surface area contributed by atoms with Crippen molar-refractivity contribution >= 4 is 34.8 Å². The molecular weight excluding hydrogens is 455 g/mol. The van der Waals surface area contributed by atoms with Gasteiger partial charge in [-0.3, -0.25) is 4.79 Å². The molecule has 2 atom stereocenters. The Bertz CT molecular complexity index is 1400. The van der Waals surface area contributed by atoms with E-state index in [0.717, 1.165) is 11.3 Å². The first-order valence-corrected chi connectivity index (χ1v) is 11.6. The number of anilines is 2. The molecular formula is C25H22ClFN6O. The van der Waals surface area contributed by atoms with Gasteiger partial charge in [-0.05, 0) is 48.1 Å². The van der Waals surface area contributed by atoms with E-state index in [9.17, 15) is 4.79 Å². The summed E-state index contributed by atoms with van der Waals surface area (Å²) in [7, 11) is 0. The summed E-state index contributed by atoms with van der Waals surface area (Å²) in [4.78, 5) is 25.5. The molecule has 9 heteroatoms. The van der Waals surface area contributed by atoms with Gasteiger partial charge < -0.3 is 15.0 Å². The fourth-order valence-electron chi connectivity index (χ4n) is 4.32. The summed E-state index contributed by atoms with van der Waals surface area (Å²) in [5.41, 5.74) is 1.84. The minimum Gasteiger partial charge on any atom is -0.364 e. The van der Waals surface area contributed by atoms with Crippen molar-refractivity contribution in [2.75, 3.05) is 10.6 Å². The van der Waals surface area contributed by atoms with Crippen LogP contribution in [0.2, 0.25) is 5.02 Å². The molecule has 0 radical (unpaired) electrons. The predicted molar refractivity (Wildman–Crippen MR) is 128 cm³/mol. The average Bonchev–Trinajstić information content (AvgIpc) is 3.75. The molecule has 1 amide bonds. The second kappa shape index (κ2) is 8.06. The van der Waals surface area contributed by atoms with Crippen molar-refractivity contribution in [3.63, 3.8) is 0 Å². The van der Waals surface area contributed by atoms with Crippen LogP contribution in [-0.2, 0) is 11.3 Å². The van der Waals surface area contributed by atoms with E-state index in [4.69, 9.17) is 11.6 Å². The maximum absolute atomic E-state index is 15.2. The normalized spacial score (nSPS) is 21.4.